The number of aryl methyl sites for hydroxylation is 1. The molecule has 1 atom stereocenters. The van der Waals surface area contributed by atoms with Crippen molar-refractivity contribution in [3.63, 3.8) is 0 Å². The number of nitrogens with one attached hydrogen (secondary N) is 2. The molecule has 1 amide bonds. The van der Waals surface area contributed by atoms with Crippen LogP contribution in [0.5, 0.6) is 0 Å². The Labute approximate surface area is 166 Å². The number of sulfonamides is 1. The number of benzene rings is 2. The Bertz CT molecular complexity index is 883. The number of hydrogen-bond acceptors (Lipinski definition) is 4. The predicted molar refractivity (Wildman–Crippen MR) is 109 cm³/mol. The van der Waals surface area contributed by atoms with Crippen molar-refractivity contribution in [1.29, 1.82) is 0 Å². The van der Waals surface area contributed by atoms with Crippen LogP contribution in [0.2, 0.25) is 0 Å². The Balaban J connectivity index is 0.00000261. The maximum Gasteiger partial charge on any atom is 0.261 e. The van der Waals surface area contributed by atoms with E-state index < -0.39 is 10.0 Å². The highest BCUT2D eigenvalue weighted by Gasteiger charge is 2.24. The summed E-state index contributed by atoms with van der Waals surface area (Å²) in [5.74, 6) is -0.0746. The number of rotatable bonds is 4. The van der Waals surface area contributed by atoms with Crippen LogP contribution in [0.3, 0.4) is 0 Å². The van der Waals surface area contributed by atoms with Gasteiger partial charge in [-0.1, -0.05) is 17.7 Å². The first kappa shape index (κ1) is 21.2. The van der Waals surface area contributed by atoms with Crippen molar-refractivity contribution in [3.8, 4) is 0 Å². The van der Waals surface area contributed by atoms with Gasteiger partial charge in [0, 0.05) is 36.9 Å². The second kappa shape index (κ2) is 8.73. The van der Waals surface area contributed by atoms with Crippen LogP contribution in [-0.2, 0) is 10.0 Å². The number of halogens is 1. The zero-order valence-electron chi connectivity index (χ0n) is 15.3. The van der Waals surface area contributed by atoms with Gasteiger partial charge in [-0.05, 0) is 50.2 Å². The Hall–Kier alpha value is -2.09. The maximum absolute atomic E-state index is 12.6. The van der Waals surface area contributed by atoms with E-state index in [2.05, 4.69) is 10.0 Å². The third kappa shape index (κ3) is 5.00. The molecule has 0 bridgehead atoms. The Morgan fingerprint density at radius 3 is 2.33 bits per heavy atom. The van der Waals surface area contributed by atoms with Crippen LogP contribution in [0.1, 0.15) is 22.8 Å². The van der Waals surface area contributed by atoms with Crippen LogP contribution in [-0.4, -0.2) is 44.9 Å². The molecule has 2 N–H and O–H groups in total. The van der Waals surface area contributed by atoms with Gasteiger partial charge in [0.1, 0.15) is 0 Å². The molecule has 1 saturated heterocycles. The molecule has 2 aromatic rings. The number of hydrogen-bond donors (Lipinski definition) is 2. The predicted octanol–water partition coefficient (Wildman–Crippen LogP) is 2.65. The van der Waals surface area contributed by atoms with Gasteiger partial charge in [-0.2, -0.15) is 0 Å². The van der Waals surface area contributed by atoms with Crippen LogP contribution < -0.4 is 10.0 Å². The minimum atomic E-state index is -3.69. The normalized spacial score (nSPS) is 17.1. The molecule has 0 radical (unpaired) electrons. The fraction of sp³-hybridized carbons (Fsp3) is 0.316. The number of nitrogens with zero attached hydrogens (tertiary/aromatic N) is 1. The van der Waals surface area contributed by atoms with E-state index in [1.807, 2.05) is 30.9 Å². The fourth-order valence-corrected chi connectivity index (χ4v) is 3.98. The number of amides is 1. The molecule has 2 aromatic carbocycles. The van der Waals surface area contributed by atoms with E-state index in [1.54, 1.807) is 24.3 Å². The molecule has 27 heavy (non-hydrogen) atoms. The van der Waals surface area contributed by atoms with Crippen molar-refractivity contribution in [2.24, 2.45) is 0 Å². The first-order valence-electron chi connectivity index (χ1n) is 8.58. The van der Waals surface area contributed by atoms with Gasteiger partial charge in [-0.25, -0.2) is 8.42 Å². The van der Waals surface area contributed by atoms with E-state index in [9.17, 15) is 13.2 Å². The molecular formula is C19H24ClN3O3S. The topological polar surface area (TPSA) is 78.5 Å². The monoisotopic (exact) mass is 409 g/mol. The van der Waals surface area contributed by atoms with E-state index >= 15 is 0 Å². The first-order valence-corrected chi connectivity index (χ1v) is 10.1. The second-order valence-electron chi connectivity index (χ2n) is 6.55. The SMILES string of the molecule is Cc1ccc(NS(=O)(=O)c2ccc(C(=O)N3CCNC[C@@H]3C)cc2)cc1.Cl. The summed E-state index contributed by atoms with van der Waals surface area (Å²) in [5, 5.41) is 3.24. The van der Waals surface area contributed by atoms with Crippen LogP contribution in [0.15, 0.2) is 53.4 Å². The summed E-state index contributed by atoms with van der Waals surface area (Å²) < 4.78 is 27.6. The number of anilines is 1. The Morgan fingerprint density at radius 2 is 1.74 bits per heavy atom. The maximum atomic E-state index is 12.6. The van der Waals surface area contributed by atoms with E-state index in [-0.39, 0.29) is 29.3 Å². The van der Waals surface area contributed by atoms with Gasteiger partial charge < -0.3 is 10.2 Å². The third-order valence-corrected chi connectivity index (χ3v) is 5.87. The lowest BCUT2D eigenvalue weighted by Crippen LogP contribution is -2.52. The summed E-state index contributed by atoms with van der Waals surface area (Å²) in [6, 6.07) is 13.3. The van der Waals surface area contributed by atoms with E-state index in [0.29, 0.717) is 17.8 Å². The second-order valence-corrected chi connectivity index (χ2v) is 8.23. The summed E-state index contributed by atoms with van der Waals surface area (Å²) in [4.78, 5) is 14.6. The highest BCUT2D eigenvalue weighted by atomic mass is 35.5. The van der Waals surface area contributed by atoms with Crippen molar-refractivity contribution in [3.05, 3.63) is 59.7 Å². The molecule has 0 saturated carbocycles. The van der Waals surface area contributed by atoms with Crippen molar-refractivity contribution >= 4 is 34.0 Å². The number of carbonyl (C=O) groups is 1. The summed E-state index contributed by atoms with van der Waals surface area (Å²) in [6.07, 6.45) is 0. The van der Waals surface area contributed by atoms with Gasteiger partial charge >= 0.3 is 0 Å². The molecule has 1 aliphatic rings. The highest BCUT2D eigenvalue weighted by Crippen LogP contribution is 2.18. The van der Waals surface area contributed by atoms with Gasteiger partial charge in [0.05, 0.1) is 4.90 Å². The molecule has 1 aliphatic heterocycles. The van der Waals surface area contributed by atoms with Crippen molar-refractivity contribution < 1.29 is 13.2 Å². The van der Waals surface area contributed by atoms with Crippen LogP contribution in [0.4, 0.5) is 5.69 Å². The van der Waals surface area contributed by atoms with Crippen molar-refractivity contribution in [1.82, 2.24) is 10.2 Å². The molecular weight excluding hydrogens is 386 g/mol. The average Bonchev–Trinajstić information content (AvgIpc) is 2.63. The highest BCUT2D eigenvalue weighted by molar-refractivity contribution is 7.92. The third-order valence-electron chi connectivity index (χ3n) is 4.48. The van der Waals surface area contributed by atoms with Gasteiger partial charge in [0.25, 0.3) is 15.9 Å². The number of piperazine rings is 1. The lowest BCUT2D eigenvalue weighted by atomic mass is 10.1. The summed E-state index contributed by atoms with van der Waals surface area (Å²) in [7, 11) is -3.69. The molecule has 1 heterocycles. The summed E-state index contributed by atoms with van der Waals surface area (Å²) >= 11 is 0. The molecule has 0 unspecified atom stereocenters. The van der Waals surface area contributed by atoms with E-state index in [1.165, 1.54) is 12.1 Å². The van der Waals surface area contributed by atoms with Gasteiger partial charge in [0.2, 0.25) is 0 Å². The van der Waals surface area contributed by atoms with Crippen LogP contribution in [0.25, 0.3) is 0 Å². The molecule has 0 aliphatic carbocycles. The standard InChI is InChI=1S/C19H23N3O3S.ClH/c1-14-3-7-17(8-4-14)21-26(24,25)18-9-5-16(6-10-18)19(23)22-12-11-20-13-15(22)2;/h3-10,15,20-21H,11-13H2,1-2H3;1H/t15-;/m0./s1. The smallest absolute Gasteiger partial charge is 0.261 e. The lowest BCUT2D eigenvalue weighted by molar-refractivity contribution is 0.0655. The minimum Gasteiger partial charge on any atom is -0.333 e. The number of carbonyl (C=O) groups excluding carboxylic acids is 1. The average molecular weight is 410 g/mol. The lowest BCUT2D eigenvalue weighted by Gasteiger charge is -2.34. The van der Waals surface area contributed by atoms with Gasteiger partial charge in [0.15, 0.2) is 0 Å². The van der Waals surface area contributed by atoms with Crippen molar-refractivity contribution in [2.45, 2.75) is 24.8 Å². The van der Waals surface area contributed by atoms with Gasteiger partial charge in [-0.3, -0.25) is 9.52 Å². The van der Waals surface area contributed by atoms with Crippen LogP contribution in [0, 0.1) is 6.92 Å². The van der Waals surface area contributed by atoms with Crippen molar-refractivity contribution in [2.75, 3.05) is 24.4 Å². The summed E-state index contributed by atoms with van der Waals surface area (Å²) in [6.45, 7) is 6.11. The Morgan fingerprint density at radius 1 is 1.11 bits per heavy atom. The van der Waals surface area contributed by atoms with Gasteiger partial charge in [-0.15, -0.1) is 12.4 Å². The quantitative estimate of drug-likeness (QED) is 0.813. The Kier molecular flexibility index (Phi) is 6.86. The molecule has 3 rings (SSSR count). The van der Waals surface area contributed by atoms with E-state index in [4.69, 9.17) is 0 Å². The van der Waals surface area contributed by atoms with Crippen LogP contribution >= 0.6 is 12.4 Å². The molecule has 0 spiro atoms. The largest absolute Gasteiger partial charge is 0.333 e. The molecule has 8 heteroatoms. The molecule has 146 valence electrons. The fourth-order valence-electron chi connectivity index (χ4n) is 2.92. The van der Waals surface area contributed by atoms with E-state index in [0.717, 1.165) is 18.7 Å². The summed E-state index contributed by atoms with van der Waals surface area (Å²) in [5.41, 5.74) is 2.05. The molecule has 6 nitrogen and oxygen atoms in total. The zero-order valence-corrected chi connectivity index (χ0v) is 16.9. The molecule has 1 fully saturated rings. The minimum absolute atomic E-state index is 0. The molecule has 0 aromatic heterocycles. The first-order chi connectivity index (χ1) is 12.4. The zero-order chi connectivity index (χ0) is 18.7.